The molecule has 0 bridgehead atoms. The molecule has 0 aliphatic heterocycles. The molecule has 0 radical (unpaired) electrons. The molecule has 0 amide bonds. The Morgan fingerprint density at radius 2 is 1.79 bits per heavy atom. The number of aliphatic hydroxyl groups is 1. The van der Waals surface area contributed by atoms with Crippen molar-refractivity contribution >= 4 is 11.6 Å². The fourth-order valence-electron chi connectivity index (χ4n) is 1.80. The van der Waals surface area contributed by atoms with Crippen molar-refractivity contribution in [2.24, 2.45) is 0 Å². The van der Waals surface area contributed by atoms with Gasteiger partial charge in [0.05, 0.1) is 6.10 Å². The first kappa shape index (κ1) is 13.9. The zero-order valence-corrected chi connectivity index (χ0v) is 10.5. The molecule has 1 unspecified atom stereocenters. The first-order valence-electron chi connectivity index (χ1n) is 5.55. The molecule has 0 aliphatic rings. The minimum atomic E-state index is -1.34. The van der Waals surface area contributed by atoms with Crippen molar-refractivity contribution in [2.75, 3.05) is 0 Å². The van der Waals surface area contributed by atoms with Gasteiger partial charge in [0.2, 0.25) is 0 Å². The summed E-state index contributed by atoms with van der Waals surface area (Å²) in [4.78, 5) is 0. The first-order chi connectivity index (χ1) is 8.99. The average Bonchev–Trinajstić information content (AvgIpc) is 2.37. The van der Waals surface area contributed by atoms with Gasteiger partial charge in [0.1, 0.15) is 5.82 Å². The first-order valence-corrected chi connectivity index (χ1v) is 5.92. The molecular formula is C14H10ClF3O. The molecule has 0 heterocycles. The van der Waals surface area contributed by atoms with Crippen LogP contribution < -0.4 is 0 Å². The Kier molecular flexibility index (Phi) is 4.12. The molecule has 1 atom stereocenters. The van der Waals surface area contributed by atoms with E-state index >= 15 is 0 Å². The Morgan fingerprint density at radius 1 is 1.05 bits per heavy atom. The van der Waals surface area contributed by atoms with Gasteiger partial charge in [0.15, 0.2) is 11.6 Å². The Labute approximate surface area is 113 Å². The van der Waals surface area contributed by atoms with E-state index in [2.05, 4.69) is 0 Å². The van der Waals surface area contributed by atoms with E-state index in [1.807, 2.05) is 0 Å². The SMILES string of the molecule is OC(Cc1cc(Cl)ccc1F)c1cccc(F)c1F. The van der Waals surface area contributed by atoms with Gasteiger partial charge >= 0.3 is 0 Å². The van der Waals surface area contributed by atoms with E-state index in [0.717, 1.165) is 12.1 Å². The highest BCUT2D eigenvalue weighted by molar-refractivity contribution is 6.30. The Morgan fingerprint density at radius 3 is 2.53 bits per heavy atom. The maximum absolute atomic E-state index is 13.5. The third kappa shape index (κ3) is 3.08. The van der Waals surface area contributed by atoms with Crippen molar-refractivity contribution in [1.82, 2.24) is 0 Å². The molecule has 0 spiro atoms. The summed E-state index contributed by atoms with van der Waals surface area (Å²) in [7, 11) is 0. The Balaban J connectivity index is 2.28. The predicted octanol–water partition coefficient (Wildman–Crippen LogP) is 4.03. The van der Waals surface area contributed by atoms with Crippen molar-refractivity contribution in [3.05, 3.63) is 70.0 Å². The standard InChI is InChI=1S/C14H10ClF3O/c15-9-4-5-11(16)8(6-9)7-13(19)10-2-1-3-12(17)14(10)18/h1-6,13,19H,7H2. The highest BCUT2D eigenvalue weighted by Gasteiger charge is 2.17. The zero-order valence-electron chi connectivity index (χ0n) is 9.71. The van der Waals surface area contributed by atoms with Crippen molar-refractivity contribution < 1.29 is 18.3 Å². The quantitative estimate of drug-likeness (QED) is 0.903. The third-order valence-electron chi connectivity index (χ3n) is 2.76. The van der Waals surface area contributed by atoms with Crippen molar-refractivity contribution in [2.45, 2.75) is 12.5 Å². The summed E-state index contributed by atoms with van der Waals surface area (Å²) in [5.74, 6) is -2.74. The summed E-state index contributed by atoms with van der Waals surface area (Å²) in [6.07, 6.45) is -1.53. The zero-order chi connectivity index (χ0) is 14.0. The molecule has 2 aromatic carbocycles. The van der Waals surface area contributed by atoms with E-state index in [0.29, 0.717) is 5.02 Å². The highest BCUT2D eigenvalue weighted by Crippen LogP contribution is 2.25. The van der Waals surface area contributed by atoms with Gasteiger partial charge < -0.3 is 5.11 Å². The van der Waals surface area contributed by atoms with E-state index in [4.69, 9.17) is 11.6 Å². The van der Waals surface area contributed by atoms with Crippen LogP contribution >= 0.6 is 11.6 Å². The van der Waals surface area contributed by atoms with Crippen LogP contribution in [0.4, 0.5) is 13.2 Å². The third-order valence-corrected chi connectivity index (χ3v) is 3.00. The van der Waals surface area contributed by atoms with Crippen LogP contribution in [0.5, 0.6) is 0 Å². The fourth-order valence-corrected chi connectivity index (χ4v) is 1.99. The van der Waals surface area contributed by atoms with Crippen LogP contribution in [0.3, 0.4) is 0 Å². The summed E-state index contributed by atoms with van der Waals surface area (Å²) in [5.41, 5.74) is -0.0666. The van der Waals surface area contributed by atoms with Crippen LogP contribution in [-0.2, 0) is 6.42 Å². The molecule has 0 fully saturated rings. The summed E-state index contributed by atoms with van der Waals surface area (Å²) in [6.45, 7) is 0. The lowest BCUT2D eigenvalue weighted by atomic mass is 10.0. The van der Waals surface area contributed by atoms with Crippen LogP contribution in [0.25, 0.3) is 0 Å². The van der Waals surface area contributed by atoms with E-state index < -0.39 is 23.6 Å². The summed E-state index contributed by atoms with van der Waals surface area (Å²) in [6, 6.07) is 7.36. The van der Waals surface area contributed by atoms with E-state index in [-0.39, 0.29) is 17.5 Å². The molecule has 2 aromatic rings. The van der Waals surface area contributed by atoms with Crippen LogP contribution in [0.15, 0.2) is 36.4 Å². The monoisotopic (exact) mass is 286 g/mol. The molecule has 0 saturated heterocycles. The van der Waals surface area contributed by atoms with Gasteiger partial charge in [-0.05, 0) is 29.8 Å². The molecular weight excluding hydrogens is 277 g/mol. The van der Waals surface area contributed by atoms with E-state index in [9.17, 15) is 18.3 Å². The minimum absolute atomic E-state index is 0.142. The topological polar surface area (TPSA) is 20.2 Å². The number of aliphatic hydroxyl groups excluding tert-OH is 1. The van der Waals surface area contributed by atoms with Gasteiger partial charge in [0, 0.05) is 17.0 Å². The maximum atomic E-state index is 13.5. The van der Waals surface area contributed by atoms with Gasteiger partial charge in [-0.2, -0.15) is 0 Å². The van der Waals surface area contributed by atoms with Gasteiger partial charge in [-0.3, -0.25) is 0 Å². The van der Waals surface area contributed by atoms with Gasteiger partial charge in [-0.25, -0.2) is 13.2 Å². The second-order valence-electron chi connectivity index (χ2n) is 4.10. The van der Waals surface area contributed by atoms with Crippen LogP contribution in [0, 0.1) is 17.5 Å². The molecule has 1 nitrogen and oxygen atoms in total. The van der Waals surface area contributed by atoms with Crippen molar-refractivity contribution in [1.29, 1.82) is 0 Å². The lowest BCUT2D eigenvalue weighted by Gasteiger charge is -2.13. The number of benzene rings is 2. The van der Waals surface area contributed by atoms with Crippen LogP contribution in [-0.4, -0.2) is 5.11 Å². The molecule has 5 heteroatoms. The normalized spacial score (nSPS) is 12.5. The molecule has 0 saturated carbocycles. The highest BCUT2D eigenvalue weighted by atomic mass is 35.5. The molecule has 100 valence electrons. The van der Waals surface area contributed by atoms with Gasteiger partial charge in [0.25, 0.3) is 0 Å². The van der Waals surface area contributed by atoms with Crippen molar-refractivity contribution in [3.8, 4) is 0 Å². The second-order valence-corrected chi connectivity index (χ2v) is 4.54. The van der Waals surface area contributed by atoms with Crippen LogP contribution in [0.2, 0.25) is 5.02 Å². The molecule has 0 aromatic heterocycles. The van der Waals surface area contributed by atoms with E-state index in [1.165, 1.54) is 24.3 Å². The fraction of sp³-hybridized carbons (Fsp3) is 0.143. The molecule has 1 N–H and O–H groups in total. The summed E-state index contributed by atoms with van der Waals surface area (Å²) in [5, 5.41) is 10.2. The number of rotatable bonds is 3. The lowest BCUT2D eigenvalue weighted by molar-refractivity contribution is 0.171. The van der Waals surface area contributed by atoms with Crippen molar-refractivity contribution in [3.63, 3.8) is 0 Å². The average molecular weight is 287 g/mol. The summed E-state index contributed by atoms with van der Waals surface area (Å²) < 4.78 is 40.0. The lowest BCUT2D eigenvalue weighted by Crippen LogP contribution is -2.07. The largest absolute Gasteiger partial charge is 0.388 e. The molecule has 2 rings (SSSR count). The summed E-state index contributed by atoms with van der Waals surface area (Å²) >= 11 is 5.72. The predicted molar refractivity (Wildman–Crippen MR) is 66.4 cm³/mol. The smallest absolute Gasteiger partial charge is 0.164 e. The number of halogens is 4. The van der Waals surface area contributed by atoms with Gasteiger partial charge in [-0.1, -0.05) is 23.7 Å². The minimum Gasteiger partial charge on any atom is -0.388 e. The number of hydrogen-bond acceptors (Lipinski definition) is 1. The Bertz CT molecular complexity index is 601. The van der Waals surface area contributed by atoms with Gasteiger partial charge in [-0.15, -0.1) is 0 Å². The Hall–Kier alpha value is -1.52. The van der Waals surface area contributed by atoms with E-state index in [1.54, 1.807) is 0 Å². The molecule has 0 aliphatic carbocycles. The molecule has 19 heavy (non-hydrogen) atoms. The second kappa shape index (κ2) is 5.63. The number of hydrogen-bond donors (Lipinski definition) is 1. The van der Waals surface area contributed by atoms with Crippen LogP contribution in [0.1, 0.15) is 17.2 Å². The maximum Gasteiger partial charge on any atom is 0.164 e.